The minimum Gasteiger partial charge on any atom is -0.368 e. The number of ether oxygens (including phenoxy) is 4. The van der Waals surface area contributed by atoms with Crippen LogP contribution in [-0.2, 0) is 32.2 Å². The van der Waals surface area contributed by atoms with E-state index in [9.17, 15) is 0 Å². The molecule has 27 heavy (non-hydrogen) atoms. The van der Waals surface area contributed by atoms with Crippen LogP contribution >= 0.6 is 0 Å². The van der Waals surface area contributed by atoms with E-state index in [-0.39, 0.29) is 18.3 Å². The van der Waals surface area contributed by atoms with Crippen LogP contribution in [0.25, 0.3) is 0 Å². The van der Waals surface area contributed by atoms with Crippen molar-refractivity contribution >= 4 is 0 Å². The van der Waals surface area contributed by atoms with Crippen molar-refractivity contribution in [2.75, 3.05) is 7.11 Å². The normalized spacial score (nSPS) is 25.1. The van der Waals surface area contributed by atoms with E-state index in [1.165, 1.54) is 0 Å². The SMILES string of the molecule is C=C/C=C/[C@@H]1O[C@@H](OC)[C@H](OCc2ccccc2)[C@H]1OCc1ccccc1. The average Bonchev–Trinajstić information content (AvgIpc) is 3.07. The van der Waals surface area contributed by atoms with Crippen LogP contribution in [0.3, 0.4) is 0 Å². The second-order valence-corrected chi connectivity index (χ2v) is 6.35. The molecular weight excluding hydrogens is 340 g/mol. The molecule has 2 aromatic rings. The quantitative estimate of drug-likeness (QED) is 0.621. The smallest absolute Gasteiger partial charge is 0.186 e. The summed E-state index contributed by atoms with van der Waals surface area (Å²) < 4.78 is 23.9. The van der Waals surface area contributed by atoms with Gasteiger partial charge in [-0.25, -0.2) is 0 Å². The van der Waals surface area contributed by atoms with E-state index in [0.717, 1.165) is 11.1 Å². The fraction of sp³-hybridized carbons (Fsp3) is 0.304. The monoisotopic (exact) mass is 366 g/mol. The first kappa shape index (κ1) is 19.5. The lowest BCUT2D eigenvalue weighted by Crippen LogP contribution is -2.37. The van der Waals surface area contributed by atoms with Gasteiger partial charge in [-0.3, -0.25) is 0 Å². The first-order chi connectivity index (χ1) is 13.3. The van der Waals surface area contributed by atoms with E-state index in [1.54, 1.807) is 13.2 Å². The molecule has 2 aromatic carbocycles. The van der Waals surface area contributed by atoms with Crippen LogP contribution in [-0.4, -0.2) is 31.7 Å². The van der Waals surface area contributed by atoms with Gasteiger partial charge in [0, 0.05) is 7.11 Å². The Morgan fingerprint density at radius 3 is 1.96 bits per heavy atom. The summed E-state index contributed by atoms with van der Waals surface area (Å²) in [5.74, 6) is 0. The predicted octanol–water partition coefficient (Wildman–Crippen LogP) is 4.27. The molecule has 4 heteroatoms. The van der Waals surface area contributed by atoms with Crippen molar-refractivity contribution in [3.63, 3.8) is 0 Å². The molecule has 3 rings (SSSR count). The number of methoxy groups -OCH3 is 1. The highest BCUT2D eigenvalue weighted by Crippen LogP contribution is 2.29. The zero-order valence-corrected chi connectivity index (χ0v) is 15.6. The molecule has 0 spiro atoms. The maximum Gasteiger partial charge on any atom is 0.186 e. The summed E-state index contributed by atoms with van der Waals surface area (Å²) >= 11 is 0. The number of hydrogen-bond donors (Lipinski definition) is 0. The van der Waals surface area contributed by atoms with Crippen molar-refractivity contribution in [2.24, 2.45) is 0 Å². The second kappa shape index (κ2) is 10.2. The average molecular weight is 366 g/mol. The van der Waals surface area contributed by atoms with E-state index in [1.807, 2.05) is 72.8 Å². The molecule has 1 saturated heterocycles. The maximum atomic E-state index is 6.22. The summed E-state index contributed by atoms with van der Waals surface area (Å²) in [5.41, 5.74) is 2.20. The van der Waals surface area contributed by atoms with Crippen molar-refractivity contribution in [1.82, 2.24) is 0 Å². The summed E-state index contributed by atoms with van der Waals surface area (Å²) in [5, 5.41) is 0. The molecule has 1 fully saturated rings. The molecule has 1 aliphatic rings. The first-order valence-electron chi connectivity index (χ1n) is 9.10. The van der Waals surface area contributed by atoms with Gasteiger partial charge in [0.05, 0.1) is 13.2 Å². The predicted molar refractivity (Wildman–Crippen MR) is 105 cm³/mol. The van der Waals surface area contributed by atoms with Gasteiger partial charge in [0.15, 0.2) is 6.29 Å². The van der Waals surface area contributed by atoms with Crippen LogP contribution in [0.1, 0.15) is 11.1 Å². The van der Waals surface area contributed by atoms with Crippen molar-refractivity contribution < 1.29 is 18.9 Å². The second-order valence-electron chi connectivity index (χ2n) is 6.35. The number of allylic oxidation sites excluding steroid dienone is 2. The Morgan fingerprint density at radius 2 is 1.44 bits per heavy atom. The van der Waals surface area contributed by atoms with Crippen molar-refractivity contribution in [1.29, 1.82) is 0 Å². The number of hydrogen-bond acceptors (Lipinski definition) is 4. The molecule has 0 amide bonds. The molecular formula is C23H26O4. The topological polar surface area (TPSA) is 36.9 Å². The van der Waals surface area contributed by atoms with Crippen LogP contribution in [0.4, 0.5) is 0 Å². The van der Waals surface area contributed by atoms with Gasteiger partial charge in [-0.1, -0.05) is 85.5 Å². The minimum absolute atomic E-state index is 0.266. The zero-order chi connectivity index (χ0) is 18.9. The molecule has 0 N–H and O–H groups in total. The fourth-order valence-corrected chi connectivity index (χ4v) is 3.08. The third-order valence-electron chi connectivity index (χ3n) is 4.45. The van der Waals surface area contributed by atoms with Crippen molar-refractivity contribution in [2.45, 2.75) is 37.8 Å². The molecule has 0 aliphatic carbocycles. The van der Waals surface area contributed by atoms with E-state index in [0.29, 0.717) is 13.2 Å². The van der Waals surface area contributed by atoms with E-state index >= 15 is 0 Å². The fourth-order valence-electron chi connectivity index (χ4n) is 3.08. The molecule has 4 atom stereocenters. The molecule has 0 radical (unpaired) electrons. The van der Waals surface area contributed by atoms with Gasteiger partial charge in [-0.2, -0.15) is 0 Å². The van der Waals surface area contributed by atoms with E-state index < -0.39 is 6.29 Å². The molecule has 0 saturated carbocycles. The third kappa shape index (κ3) is 5.37. The van der Waals surface area contributed by atoms with Gasteiger partial charge in [0.1, 0.15) is 18.3 Å². The van der Waals surface area contributed by atoms with E-state index in [4.69, 9.17) is 18.9 Å². The Morgan fingerprint density at radius 1 is 0.889 bits per heavy atom. The molecule has 1 heterocycles. The van der Waals surface area contributed by atoms with Gasteiger partial charge in [0.25, 0.3) is 0 Å². The molecule has 4 nitrogen and oxygen atoms in total. The summed E-state index contributed by atoms with van der Waals surface area (Å²) in [6.07, 6.45) is 4.13. The highest BCUT2D eigenvalue weighted by Gasteiger charge is 2.45. The van der Waals surface area contributed by atoms with Crippen LogP contribution in [0, 0.1) is 0 Å². The van der Waals surface area contributed by atoms with E-state index in [2.05, 4.69) is 6.58 Å². The number of rotatable bonds is 9. The Balaban J connectivity index is 1.72. The molecule has 0 bridgehead atoms. The Hall–Kier alpha value is -2.24. The number of benzene rings is 2. The van der Waals surface area contributed by atoms with Gasteiger partial charge in [0.2, 0.25) is 0 Å². The van der Waals surface area contributed by atoms with Gasteiger partial charge >= 0.3 is 0 Å². The lowest BCUT2D eigenvalue weighted by molar-refractivity contribution is -0.164. The summed E-state index contributed by atoms with van der Waals surface area (Å²) in [4.78, 5) is 0. The standard InChI is InChI=1S/C23H26O4/c1-3-4-15-20-21(25-16-18-11-7-5-8-12-18)22(23(24-2)27-20)26-17-19-13-9-6-10-14-19/h3-15,20-23H,1,16-17H2,2H3/b15-4+/t20-,21-,22+,23+/m0/s1. The van der Waals surface area contributed by atoms with Crippen LogP contribution < -0.4 is 0 Å². The van der Waals surface area contributed by atoms with Crippen molar-refractivity contribution in [3.8, 4) is 0 Å². The largest absolute Gasteiger partial charge is 0.368 e. The summed E-state index contributed by atoms with van der Waals surface area (Å²) in [7, 11) is 1.62. The minimum atomic E-state index is -0.492. The van der Waals surface area contributed by atoms with Gasteiger partial charge in [-0.15, -0.1) is 0 Å². The molecule has 1 aliphatic heterocycles. The van der Waals surface area contributed by atoms with Gasteiger partial charge < -0.3 is 18.9 Å². The van der Waals surface area contributed by atoms with Crippen LogP contribution in [0.15, 0.2) is 85.5 Å². The Bertz CT molecular complexity index is 714. The lowest BCUT2D eigenvalue weighted by Gasteiger charge is -2.23. The summed E-state index contributed by atoms with van der Waals surface area (Å²) in [6.45, 7) is 4.68. The van der Waals surface area contributed by atoms with Crippen LogP contribution in [0.2, 0.25) is 0 Å². The third-order valence-corrected chi connectivity index (χ3v) is 4.45. The first-order valence-corrected chi connectivity index (χ1v) is 9.10. The van der Waals surface area contributed by atoms with Crippen LogP contribution in [0.5, 0.6) is 0 Å². The highest BCUT2D eigenvalue weighted by molar-refractivity contribution is 5.15. The van der Waals surface area contributed by atoms with Crippen molar-refractivity contribution in [3.05, 3.63) is 96.6 Å². The maximum absolute atomic E-state index is 6.22. The Kier molecular flexibility index (Phi) is 7.36. The zero-order valence-electron chi connectivity index (χ0n) is 15.6. The van der Waals surface area contributed by atoms with Gasteiger partial charge in [-0.05, 0) is 11.1 Å². The summed E-state index contributed by atoms with van der Waals surface area (Å²) in [6, 6.07) is 20.1. The highest BCUT2D eigenvalue weighted by atomic mass is 16.7. The molecule has 142 valence electrons. The molecule has 0 unspecified atom stereocenters. The Labute approximate surface area is 161 Å². The lowest BCUT2D eigenvalue weighted by atomic mass is 10.1. The molecule has 0 aromatic heterocycles.